The molecule has 0 aromatic heterocycles. The second-order valence-corrected chi connectivity index (χ2v) is 31.5. The zero-order chi connectivity index (χ0) is 32.2. The Morgan fingerprint density at radius 3 is 1.59 bits per heavy atom. The maximum atomic E-state index is 7.54. The third kappa shape index (κ3) is 10.1. The Kier molecular flexibility index (Phi) is 14.3. The van der Waals surface area contributed by atoms with Crippen molar-refractivity contribution >= 4 is 25.0 Å². The van der Waals surface area contributed by atoms with Gasteiger partial charge in [-0.15, -0.1) is 0 Å². The molecule has 1 saturated heterocycles. The molecule has 1 rings (SSSR count). The summed E-state index contributed by atoms with van der Waals surface area (Å²) < 4.78 is 33.5. The Morgan fingerprint density at radius 1 is 0.756 bits per heavy atom. The fourth-order valence-electron chi connectivity index (χ4n) is 5.79. The molecule has 0 amide bonds. The molecular weight excluding hydrogens is 561 g/mol. The standard InChI is InChI=1S/C33H70O5Si3/c1-24(2)41(25(3)4,26(5)6)37-29(23-30-34-21-22-35-30)28(8)31(38-40(17,18)33(12,13)14)27(7)19-20-36-39(15,16)32(9,10)11/h19,24-26,28-31H,20-23H2,1-18H3/b27-19-/t28-,29-,31-/m0/s1. The highest BCUT2D eigenvalue weighted by atomic mass is 28.4. The molecule has 1 aliphatic rings. The Balaban J connectivity index is 3.58. The molecule has 0 saturated carbocycles. The highest BCUT2D eigenvalue weighted by Gasteiger charge is 2.49. The first kappa shape index (κ1) is 39.2. The summed E-state index contributed by atoms with van der Waals surface area (Å²) in [5.41, 5.74) is 2.74. The molecule has 5 nitrogen and oxygen atoms in total. The second kappa shape index (κ2) is 15.0. The van der Waals surface area contributed by atoms with Crippen molar-refractivity contribution in [3.8, 4) is 0 Å². The zero-order valence-corrected chi connectivity index (χ0v) is 33.5. The van der Waals surface area contributed by atoms with Crippen LogP contribution >= 0.6 is 0 Å². The fraction of sp³-hybridized carbons (Fsp3) is 0.939. The normalized spacial score (nSPS) is 19.5. The van der Waals surface area contributed by atoms with Crippen LogP contribution in [0, 0.1) is 5.92 Å². The van der Waals surface area contributed by atoms with E-state index in [-0.39, 0.29) is 34.5 Å². The molecular formula is C33H70O5Si3. The maximum Gasteiger partial charge on any atom is 0.200 e. The van der Waals surface area contributed by atoms with Gasteiger partial charge in [-0.1, -0.05) is 96.1 Å². The van der Waals surface area contributed by atoms with E-state index >= 15 is 0 Å². The van der Waals surface area contributed by atoms with Crippen LogP contribution in [0.5, 0.6) is 0 Å². The quantitative estimate of drug-likeness (QED) is 0.133. The molecule has 0 radical (unpaired) electrons. The van der Waals surface area contributed by atoms with Gasteiger partial charge < -0.3 is 22.8 Å². The van der Waals surface area contributed by atoms with Crippen LogP contribution in [0.4, 0.5) is 0 Å². The molecule has 1 aliphatic heterocycles. The van der Waals surface area contributed by atoms with Crippen LogP contribution in [-0.4, -0.2) is 63.3 Å². The SMILES string of the molecule is C/C(=C/CO[Si](C)(C)C(C)(C)C)[C@H](O[Si](C)(C)C(C)(C)C)[C@@H](C)[C@H](CC1OCCO1)O[Si](C(C)C)(C(C)C)C(C)C. The minimum absolute atomic E-state index is 0.0311. The second-order valence-electron chi connectivity index (χ2n) is 16.6. The fourth-order valence-corrected chi connectivity index (χ4v) is 13.8. The minimum Gasteiger partial charge on any atom is -0.413 e. The summed E-state index contributed by atoms with van der Waals surface area (Å²) in [4.78, 5) is 0. The number of rotatable bonds is 15. The van der Waals surface area contributed by atoms with Gasteiger partial charge in [0.15, 0.2) is 22.9 Å². The summed E-state index contributed by atoms with van der Waals surface area (Å²) in [6, 6.07) is 0. The van der Waals surface area contributed by atoms with Crippen molar-refractivity contribution in [2.75, 3.05) is 19.8 Å². The Morgan fingerprint density at radius 2 is 1.20 bits per heavy atom. The van der Waals surface area contributed by atoms with Gasteiger partial charge in [0.1, 0.15) is 0 Å². The molecule has 0 aliphatic carbocycles. The van der Waals surface area contributed by atoms with Crippen molar-refractivity contribution in [3.63, 3.8) is 0 Å². The number of ether oxygens (including phenoxy) is 2. The average Bonchev–Trinajstić information content (AvgIpc) is 3.30. The van der Waals surface area contributed by atoms with E-state index in [4.69, 9.17) is 22.8 Å². The molecule has 1 heterocycles. The first-order chi connectivity index (χ1) is 18.4. The number of hydrogen-bond donors (Lipinski definition) is 0. The van der Waals surface area contributed by atoms with Gasteiger partial charge in [0, 0.05) is 12.3 Å². The van der Waals surface area contributed by atoms with Crippen LogP contribution in [0.2, 0.25) is 52.9 Å². The summed E-state index contributed by atoms with van der Waals surface area (Å²) in [5, 5.41) is 0.279. The lowest BCUT2D eigenvalue weighted by Gasteiger charge is -2.48. The highest BCUT2D eigenvalue weighted by Crippen LogP contribution is 2.46. The molecule has 0 aromatic rings. The molecule has 8 heteroatoms. The van der Waals surface area contributed by atoms with E-state index in [2.05, 4.69) is 129 Å². The molecule has 41 heavy (non-hydrogen) atoms. The lowest BCUT2D eigenvalue weighted by molar-refractivity contribution is -0.0824. The van der Waals surface area contributed by atoms with Gasteiger partial charge in [-0.2, -0.15) is 0 Å². The highest BCUT2D eigenvalue weighted by molar-refractivity contribution is 6.77. The number of hydrogen-bond acceptors (Lipinski definition) is 5. The third-order valence-corrected chi connectivity index (χ3v) is 25.7. The average molecular weight is 631 g/mol. The van der Waals surface area contributed by atoms with Crippen LogP contribution in [-0.2, 0) is 22.8 Å². The molecule has 0 unspecified atom stereocenters. The Hall–Kier alpha value is 0.191. The summed E-state index contributed by atoms with van der Waals surface area (Å²) >= 11 is 0. The summed E-state index contributed by atoms with van der Waals surface area (Å²) in [6.07, 6.45) is 2.69. The van der Waals surface area contributed by atoms with Crippen molar-refractivity contribution in [1.29, 1.82) is 0 Å². The predicted octanol–water partition coefficient (Wildman–Crippen LogP) is 10.3. The zero-order valence-electron chi connectivity index (χ0n) is 30.5. The monoisotopic (exact) mass is 630 g/mol. The molecule has 0 spiro atoms. The lowest BCUT2D eigenvalue weighted by atomic mass is 9.91. The molecule has 1 fully saturated rings. The van der Waals surface area contributed by atoms with Gasteiger partial charge in [0.05, 0.1) is 32.0 Å². The van der Waals surface area contributed by atoms with Gasteiger partial charge >= 0.3 is 0 Å². The Labute approximate surface area is 259 Å². The topological polar surface area (TPSA) is 46.2 Å². The summed E-state index contributed by atoms with van der Waals surface area (Å²) in [6.45, 7) is 43.9. The van der Waals surface area contributed by atoms with E-state index in [0.29, 0.717) is 36.4 Å². The van der Waals surface area contributed by atoms with Crippen LogP contribution in [0.15, 0.2) is 11.6 Å². The van der Waals surface area contributed by atoms with Gasteiger partial charge in [0.25, 0.3) is 0 Å². The summed E-state index contributed by atoms with van der Waals surface area (Å²) in [7, 11) is -6.12. The minimum atomic E-state index is -2.17. The van der Waals surface area contributed by atoms with Crippen LogP contribution in [0.1, 0.15) is 103 Å². The van der Waals surface area contributed by atoms with Crippen molar-refractivity contribution in [3.05, 3.63) is 11.6 Å². The van der Waals surface area contributed by atoms with Gasteiger partial charge in [-0.05, 0) is 65.4 Å². The lowest BCUT2D eigenvalue weighted by Crippen LogP contribution is -2.54. The molecule has 0 bridgehead atoms. The van der Waals surface area contributed by atoms with Crippen molar-refractivity contribution in [2.45, 2.75) is 175 Å². The van der Waals surface area contributed by atoms with Crippen LogP contribution < -0.4 is 0 Å². The van der Waals surface area contributed by atoms with E-state index in [9.17, 15) is 0 Å². The molecule has 244 valence electrons. The van der Waals surface area contributed by atoms with E-state index in [0.717, 1.165) is 6.42 Å². The first-order valence-corrected chi connectivity index (χ1v) is 24.3. The third-order valence-electron chi connectivity index (χ3n) is 10.6. The van der Waals surface area contributed by atoms with Gasteiger partial charge in [0.2, 0.25) is 8.32 Å². The van der Waals surface area contributed by atoms with Crippen molar-refractivity contribution in [2.24, 2.45) is 5.92 Å². The largest absolute Gasteiger partial charge is 0.413 e. The molecule has 0 aromatic carbocycles. The molecule has 0 N–H and O–H groups in total. The van der Waals surface area contributed by atoms with E-state index in [1.54, 1.807) is 0 Å². The Bertz CT molecular complexity index is 796. The van der Waals surface area contributed by atoms with Gasteiger partial charge in [-0.3, -0.25) is 0 Å². The van der Waals surface area contributed by atoms with E-state index in [1.165, 1.54) is 5.57 Å². The van der Waals surface area contributed by atoms with Crippen molar-refractivity contribution < 1.29 is 22.8 Å². The van der Waals surface area contributed by atoms with Gasteiger partial charge in [-0.25, -0.2) is 0 Å². The van der Waals surface area contributed by atoms with Crippen molar-refractivity contribution in [1.82, 2.24) is 0 Å². The predicted molar refractivity (Wildman–Crippen MR) is 184 cm³/mol. The summed E-state index contributed by atoms with van der Waals surface area (Å²) in [5.74, 6) is 0.129. The smallest absolute Gasteiger partial charge is 0.200 e. The molecule has 3 atom stereocenters. The van der Waals surface area contributed by atoms with E-state index in [1.807, 2.05) is 0 Å². The van der Waals surface area contributed by atoms with E-state index < -0.39 is 25.0 Å². The first-order valence-electron chi connectivity index (χ1n) is 16.3. The van der Waals surface area contributed by atoms with Crippen LogP contribution in [0.25, 0.3) is 0 Å². The maximum absolute atomic E-state index is 7.54. The van der Waals surface area contributed by atoms with Crippen LogP contribution in [0.3, 0.4) is 0 Å².